The van der Waals surface area contributed by atoms with Gasteiger partial charge in [-0.3, -0.25) is 4.90 Å². The number of hydrogen-bond donors (Lipinski definition) is 0. The summed E-state index contributed by atoms with van der Waals surface area (Å²) >= 11 is 0. The Kier molecular flexibility index (Phi) is 4.16. The van der Waals surface area contributed by atoms with Crippen LogP contribution in [0.15, 0.2) is 84.9 Å². The Morgan fingerprint density at radius 3 is 2.07 bits per heavy atom. The molecule has 1 fully saturated rings. The van der Waals surface area contributed by atoms with Crippen molar-refractivity contribution in [2.45, 2.75) is 18.7 Å². The fourth-order valence-electron chi connectivity index (χ4n) is 4.32. The molecule has 0 spiro atoms. The minimum atomic E-state index is -0.0188. The van der Waals surface area contributed by atoms with Crippen LogP contribution in [-0.4, -0.2) is 24.6 Å². The molecule has 1 aliphatic rings. The smallest absolute Gasteiger partial charge is 0.138 e. The third-order valence-corrected chi connectivity index (χ3v) is 5.77. The summed E-state index contributed by atoms with van der Waals surface area (Å²) in [6.45, 7) is 0.758. The highest BCUT2D eigenvalue weighted by atomic mass is 16.5. The number of ether oxygens (including phenoxy) is 1. The van der Waals surface area contributed by atoms with Gasteiger partial charge in [-0.15, -0.1) is 0 Å². The molecule has 27 heavy (non-hydrogen) atoms. The van der Waals surface area contributed by atoms with Crippen molar-refractivity contribution in [2.75, 3.05) is 13.7 Å². The zero-order valence-electron chi connectivity index (χ0n) is 15.5. The van der Waals surface area contributed by atoms with Gasteiger partial charge in [0.15, 0.2) is 0 Å². The van der Waals surface area contributed by atoms with Gasteiger partial charge < -0.3 is 4.74 Å². The molecule has 1 saturated heterocycles. The molecule has 1 heterocycles. The second-order valence-corrected chi connectivity index (χ2v) is 7.43. The van der Waals surface area contributed by atoms with Crippen molar-refractivity contribution in [1.29, 1.82) is 0 Å². The zero-order chi connectivity index (χ0) is 18.2. The maximum absolute atomic E-state index is 6.38. The van der Waals surface area contributed by atoms with Gasteiger partial charge in [0, 0.05) is 11.6 Å². The van der Waals surface area contributed by atoms with E-state index in [1.165, 1.54) is 32.7 Å². The third kappa shape index (κ3) is 2.91. The van der Waals surface area contributed by atoms with Gasteiger partial charge in [-0.25, -0.2) is 0 Å². The molecular formula is C25H23NO. The molecule has 0 unspecified atom stereocenters. The lowest BCUT2D eigenvalue weighted by Crippen LogP contribution is -2.30. The summed E-state index contributed by atoms with van der Waals surface area (Å²) in [5, 5.41) is 5.12. The highest BCUT2D eigenvalue weighted by Gasteiger charge is 2.34. The van der Waals surface area contributed by atoms with Gasteiger partial charge in [-0.05, 0) is 46.6 Å². The van der Waals surface area contributed by atoms with Crippen LogP contribution in [0.5, 0.6) is 0 Å². The van der Waals surface area contributed by atoms with Crippen molar-refractivity contribution in [1.82, 2.24) is 4.90 Å². The summed E-state index contributed by atoms with van der Waals surface area (Å²) in [5.41, 5.74) is 2.66. The summed E-state index contributed by atoms with van der Waals surface area (Å²) in [6, 6.07) is 30.7. The first-order valence-corrected chi connectivity index (χ1v) is 9.59. The van der Waals surface area contributed by atoms with Crippen LogP contribution < -0.4 is 0 Å². The van der Waals surface area contributed by atoms with Gasteiger partial charge in [-0.2, -0.15) is 0 Å². The molecule has 0 bridgehead atoms. The van der Waals surface area contributed by atoms with Crippen LogP contribution in [0.1, 0.15) is 17.4 Å². The average molecular weight is 353 g/mol. The van der Waals surface area contributed by atoms with Crippen molar-refractivity contribution < 1.29 is 4.74 Å². The van der Waals surface area contributed by atoms with Crippen molar-refractivity contribution in [3.63, 3.8) is 0 Å². The minimum absolute atomic E-state index is 0.0188. The van der Waals surface area contributed by atoms with E-state index in [2.05, 4.69) is 96.9 Å². The summed E-state index contributed by atoms with van der Waals surface area (Å²) in [5.74, 6) is 0. The van der Waals surface area contributed by atoms with Crippen LogP contribution in [0.25, 0.3) is 21.5 Å². The van der Waals surface area contributed by atoms with Gasteiger partial charge in [0.05, 0.1) is 6.61 Å². The predicted octanol–water partition coefficient (Wildman–Crippen LogP) is 5.56. The molecule has 0 saturated carbocycles. The largest absolute Gasteiger partial charge is 0.357 e. The van der Waals surface area contributed by atoms with Crippen LogP contribution in [0.2, 0.25) is 0 Å². The first-order valence-electron chi connectivity index (χ1n) is 9.59. The maximum atomic E-state index is 6.38. The summed E-state index contributed by atoms with van der Waals surface area (Å²) < 4.78 is 6.38. The molecular weight excluding hydrogens is 330 g/mol. The molecule has 2 atom stereocenters. The first kappa shape index (κ1) is 16.5. The quantitative estimate of drug-likeness (QED) is 0.447. The molecule has 2 heteroatoms. The predicted molar refractivity (Wildman–Crippen MR) is 112 cm³/mol. The third-order valence-electron chi connectivity index (χ3n) is 5.77. The highest BCUT2D eigenvalue weighted by Crippen LogP contribution is 2.39. The van der Waals surface area contributed by atoms with Crippen molar-refractivity contribution in [2.24, 2.45) is 0 Å². The van der Waals surface area contributed by atoms with E-state index in [-0.39, 0.29) is 6.23 Å². The number of fused-ring (bicyclic) bond motifs is 2. The van der Waals surface area contributed by atoms with Crippen molar-refractivity contribution >= 4 is 21.5 Å². The van der Waals surface area contributed by atoms with E-state index >= 15 is 0 Å². The van der Waals surface area contributed by atoms with Gasteiger partial charge in [0.2, 0.25) is 0 Å². The molecule has 2 nitrogen and oxygen atoms in total. The fourth-order valence-corrected chi connectivity index (χ4v) is 4.32. The van der Waals surface area contributed by atoms with Gasteiger partial charge in [0.1, 0.15) is 6.23 Å². The molecule has 1 aliphatic heterocycles. The number of hydrogen-bond acceptors (Lipinski definition) is 2. The lowest BCUT2D eigenvalue weighted by Gasteiger charge is -2.26. The second-order valence-electron chi connectivity index (χ2n) is 7.43. The number of rotatable bonds is 3. The Bertz CT molecular complexity index is 1040. The average Bonchev–Trinajstić information content (AvgIpc) is 3.07. The lowest BCUT2D eigenvalue weighted by atomic mass is 9.95. The number of nitrogens with zero attached hydrogens (tertiary/aromatic N) is 1. The highest BCUT2D eigenvalue weighted by molar-refractivity contribution is 6.02. The molecule has 4 aromatic rings. The molecule has 0 aromatic heterocycles. The summed E-state index contributed by atoms with van der Waals surface area (Å²) in [6.07, 6.45) is 0.992. The fraction of sp³-hybridized carbons (Fsp3) is 0.200. The molecule has 4 aromatic carbocycles. The lowest BCUT2D eigenvalue weighted by molar-refractivity contribution is 0.0457. The molecule has 0 amide bonds. The van der Waals surface area contributed by atoms with Crippen LogP contribution >= 0.6 is 0 Å². The SMILES string of the molecule is CN1[C@@H](Cc2ccccc2)CO[C@H]1c1c2ccccc2cc2ccccc12. The van der Waals surface area contributed by atoms with Crippen LogP contribution in [0, 0.1) is 0 Å². The Morgan fingerprint density at radius 2 is 1.41 bits per heavy atom. The Hall–Kier alpha value is -2.68. The Labute approximate surface area is 160 Å². The topological polar surface area (TPSA) is 12.5 Å². The van der Waals surface area contributed by atoms with Crippen LogP contribution in [-0.2, 0) is 11.2 Å². The van der Waals surface area contributed by atoms with E-state index in [1.807, 2.05) is 0 Å². The van der Waals surface area contributed by atoms with E-state index < -0.39 is 0 Å². The standard InChI is InChI=1S/C25H23NO/c1-26-21(15-18-9-3-2-4-10-18)17-27-25(26)24-22-13-7-5-11-19(22)16-20-12-6-8-14-23(20)24/h2-14,16,21,25H,15,17H2,1H3/t21-,25-/m0/s1. The Morgan fingerprint density at radius 1 is 0.815 bits per heavy atom. The zero-order valence-corrected chi connectivity index (χ0v) is 15.5. The van der Waals surface area contributed by atoms with E-state index in [9.17, 15) is 0 Å². The summed E-state index contributed by atoms with van der Waals surface area (Å²) in [4.78, 5) is 2.40. The van der Waals surface area contributed by atoms with E-state index in [0.717, 1.165) is 13.0 Å². The summed E-state index contributed by atoms with van der Waals surface area (Å²) in [7, 11) is 2.20. The monoisotopic (exact) mass is 353 g/mol. The number of benzene rings is 4. The molecule has 0 N–H and O–H groups in total. The van der Waals surface area contributed by atoms with Gasteiger partial charge >= 0.3 is 0 Å². The Balaban J connectivity index is 1.58. The first-order chi connectivity index (χ1) is 13.3. The van der Waals surface area contributed by atoms with E-state index in [0.29, 0.717) is 6.04 Å². The minimum Gasteiger partial charge on any atom is -0.357 e. The van der Waals surface area contributed by atoms with Crippen molar-refractivity contribution in [3.8, 4) is 0 Å². The molecule has 134 valence electrons. The molecule has 0 aliphatic carbocycles. The van der Waals surface area contributed by atoms with Crippen LogP contribution in [0.3, 0.4) is 0 Å². The maximum Gasteiger partial charge on any atom is 0.138 e. The van der Waals surface area contributed by atoms with E-state index in [4.69, 9.17) is 4.74 Å². The molecule has 5 rings (SSSR count). The van der Waals surface area contributed by atoms with E-state index in [1.54, 1.807) is 0 Å². The van der Waals surface area contributed by atoms with Gasteiger partial charge in [0.25, 0.3) is 0 Å². The van der Waals surface area contributed by atoms with Gasteiger partial charge in [-0.1, -0.05) is 78.9 Å². The molecule has 0 radical (unpaired) electrons. The van der Waals surface area contributed by atoms with Crippen molar-refractivity contribution in [3.05, 3.63) is 96.1 Å². The second kappa shape index (κ2) is 6.80. The number of likely N-dealkylation sites (N-methyl/N-ethyl adjacent to an activating group) is 1. The normalized spacial score (nSPS) is 20.5. The van der Waals surface area contributed by atoms with Crippen LogP contribution in [0.4, 0.5) is 0 Å².